The number of benzene rings is 1. The quantitative estimate of drug-likeness (QED) is 0.635. The van der Waals surface area contributed by atoms with Gasteiger partial charge in [-0.05, 0) is 18.4 Å². The molecule has 1 aromatic rings. The number of esters is 1. The zero-order chi connectivity index (χ0) is 12.3. The molecule has 1 aliphatic rings. The largest absolute Gasteiger partial charge is 0.462 e. The van der Waals surface area contributed by atoms with Crippen molar-refractivity contribution < 1.29 is 14.6 Å². The molecule has 0 aliphatic carbocycles. The van der Waals surface area contributed by atoms with Crippen molar-refractivity contribution in [2.75, 3.05) is 6.61 Å². The highest BCUT2D eigenvalue weighted by Gasteiger charge is 2.50. The van der Waals surface area contributed by atoms with Crippen molar-refractivity contribution in [3.63, 3.8) is 0 Å². The highest BCUT2D eigenvalue weighted by atomic mass is 16.6. The second-order valence-corrected chi connectivity index (χ2v) is 4.43. The molecule has 1 heterocycles. The molecule has 1 fully saturated rings. The monoisotopic (exact) mass is 232 g/mol. The van der Waals surface area contributed by atoms with Crippen molar-refractivity contribution in [1.82, 2.24) is 0 Å². The Labute approximate surface area is 101 Å². The lowest BCUT2D eigenvalue weighted by Crippen LogP contribution is -2.38. The summed E-state index contributed by atoms with van der Waals surface area (Å²) in [5.41, 5.74) is 0.163. The fourth-order valence-corrected chi connectivity index (χ4v) is 2.29. The predicted molar refractivity (Wildman–Crippen MR) is 64.4 cm³/mol. The standard InChI is InChI=1S/C14H16O3/c1-2-8-14(12(15)10-17-13(14)16)9-11-6-4-3-5-7-11/h2-7,12,15H,1,8-10H2/t12-,14+/m1/s1. The molecule has 1 saturated heterocycles. The average Bonchev–Trinajstić information content (AvgIpc) is 2.60. The van der Waals surface area contributed by atoms with E-state index in [1.54, 1.807) is 6.08 Å². The molecule has 2 rings (SSSR count). The van der Waals surface area contributed by atoms with E-state index in [9.17, 15) is 9.90 Å². The van der Waals surface area contributed by atoms with Crippen molar-refractivity contribution in [3.8, 4) is 0 Å². The summed E-state index contributed by atoms with van der Waals surface area (Å²) in [5, 5.41) is 10.0. The molecular formula is C14H16O3. The summed E-state index contributed by atoms with van der Waals surface area (Å²) >= 11 is 0. The van der Waals surface area contributed by atoms with Gasteiger partial charge in [-0.3, -0.25) is 4.79 Å². The van der Waals surface area contributed by atoms with Crippen LogP contribution in [0.4, 0.5) is 0 Å². The summed E-state index contributed by atoms with van der Waals surface area (Å²) in [6.07, 6.45) is 1.83. The normalized spacial score (nSPS) is 27.8. The fraction of sp³-hybridized carbons (Fsp3) is 0.357. The number of ether oxygens (including phenoxy) is 1. The molecule has 0 spiro atoms. The Balaban J connectivity index is 2.29. The van der Waals surface area contributed by atoms with Gasteiger partial charge in [0.2, 0.25) is 0 Å². The number of carbonyl (C=O) groups is 1. The Morgan fingerprint density at radius 1 is 1.47 bits per heavy atom. The lowest BCUT2D eigenvalue weighted by atomic mass is 9.75. The number of rotatable bonds is 4. The maximum atomic E-state index is 11.9. The lowest BCUT2D eigenvalue weighted by Gasteiger charge is -2.26. The van der Waals surface area contributed by atoms with Gasteiger partial charge in [0.15, 0.2) is 0 Å². The van der Waals surface area contributed by atoms with Crippen LogP contribution in [0.25, 0.3) is 0 Å². The summed E-state index contributed by atoms with van der Waals surface area (Å²) in [4.78, 5) is 11.9. The van der Waals surface area contributed by atoms with Crippen molar-refractivity contribution in [2.45, 2.75) is 18.9 Å². The third kappa shape index (κ3) is 2.11. The first-order valence-corrected chi connectivity index (χ1v) is 5.69. The molecule has 3 nitrogen and oxygen atoms in total. The van der Waals surface area contributed by atoms with Crippen LogP contribution in [0.15, 0.2) is 43.0 Å². The van der Waals surface area contributed by atoms with Crippen LogP contribution in [0.5, 0.6) is 0 Å². The molecule has 3 heteroatoms. The molecule has 0 saturated carbocycles. The van der Waals surface area contributed by atoms with Crippen LogP contribution in [0.3, 0.4) is 0 Å². The van der Waals surface area contributed by atoms with Crippen molar-refractivity contribution >= 4 is 5.97 Å². The molecule has 90 valence electrons. The van der Waals surface area contributed by atoms with Gasteiger partial charge < -0.3 is 9.84 Å². The van der Waals surface area contributed by atoms with Crippen molar-refractivity contribution in [3.05, 3.63) is 48.6 Å². The molecule has 1 aliphatic heterocycles. The number of aliphatic hydroxyl groups excluding tert-OH is 1. The zero-order valence-corrected chi connectivity index (χ0v) is 9.63. The summed E-state index contributed by atoms with van der Waals surface area (Å²) in [6, 6.07) is 9.66. The summed E-state index contributed by atoms with van der Waals surface area (Å²) in [6.45, 7) is 3.74. The lowest BCUT2D eigenvalue weighted by molar-refractivity contribution is -0.147. The summed E-state index contributed by atoms with van der Waals surface area (Å²) in [7, 11) is 0. The molecule has 1 aromatic carbocycles. The molecule has 2 atom stereocenters. The minimum absolute atomic E-state index is 0.0828. The van der Waals surface area contributed by atoms with Gasteiger partial charge in [-0.1, -0.05) is 36.4 Å². The highest BCUT2D eigenvalue weighted by Crippen LogP contribution is 2.37. The summed E-state index contributed by atoms with van der Waals surface area (Å²) < 4.78 is 4.97. The maximum Gasteiger partial charge on any atom is 0.315 e. The number of hydrogen-bond donors (Lipinski definition) is 1. The van der Waals surface area contributed by atoms with Crippen LogP contribution in [0.2, 0.25) is 0 Å². The van der Waals surface area contributed by atoms with Crippen LogP contribution >= 0.6 is 0 Å². The molecular weight excluding hydrogens is 216 g/mol. The van der Waals surface area contributed by atoms with Gasteiger partial charge in [-0.25, -0.2) is 0 Å². The second kappa shape index (κ2) is 4.72. The van der Waals surface area contributed by atoms with Crippen LogP contribution in [-0.2, 0) is 16.0 Å². The van der Waals surface area contributed by atoms with E-state index in [2.05, 4.69) is 6.58 Å². The van der Waals surface area contributed by atoms with E-state index >= 15 is 0 Å². The van der Waals surface area contributed by atoms with E-state index in [-0.39, 0.29) is 12.6 Å². The van der Waals surface area contributed by atoms with Gasteiger partial charge in [0.25, 0.3) is 0 Å². The third-order valence-corrected chi connectivity index (χ3v) is 3.29. The minimum atomic E-state index is -0.858. The molecule has 0 bridgehead atoms. The number of allylic oxidation sites excluding steroid dienone is 1. The molecule has 0 amide bonds. The Morgan fingerprint density at radius 3 is 2.71 bits per heavy atom. The van der Waals surface area contributed by atoms with E-state index in [0.717, 1.165) is 5.56 Å². The van der Waals surface area contributed by atoms with Gasteiger partial charge in [-0.2, -0.15) is 0 Å². The number of aliphatic hydroxyl groups is 1. The average molecular weight is 232 g/mol. The zero-order valence-electron chi connectivity index (χ0n) is 9.63. The number of cyclic esters (lactones) is 1. The van der Waals surface area contributed by atoms with Crippen LogP contribution < -0.4 is 0 Å². The van der Waals surface area contributed by atoms with Gasteiger partial charge in [0.05, 0.1) is 0 Å². The Morgan fingerprint density at radius 2 is 2.18 bits per heavy atom. The van der Waals surface area contributed by atoms with Gasteiger partial charge in [-0.15, -0.1) is 6.58 Å². The molecule has 0 radical (unpaired) electrons. The van der Waals surface area contributed by atoms with E-state index in [4.69, 9.17) is 4.74 Å². The Hall–Kier alpha value is -1.61. The number of carbonyl (C=O) groups excluding carboxylic acids is 1. The Kier molecular flexibility index (Phi) is 3.29. The van der Waals surface area contributed by atoms with E-state index in [1.165, 1.54) is 0 Å². The van der Waals surface area contributed by atoms with Crippen LogP contribution in [0, 0.1) is 5.41 Å². The van der Waals surface area contributed by atoms with E-state index in [0.29, 0.717) is 12.8 Å². The minimum Gasteiger partial charge on any atom is -0.462 e. The van der Waals surface area contributed by atoms with Gasteiger partial charge in [0.1, 0.15) is 18.1 Å². The number of hydrogen-bond acceptors (Lipinski definition) is 3. The fourth-order valence-electron chi connectivity index (χ4n) is 2.29. The van der Waals surface area contributed by atoms with E-state index in [1.807, 2.05) is 30.3 Å². The van der Waals surface area contributed by atoms with Crippen molar-refractivity contribution in [1.29, 1.82) is 0 Å². The topological polar surface area (TPSA) is 46.5 Å². The van der Waals surface area contributed by atoms with Crippen LogP contribution in [0.1, 0.15) is 12.0 Å². The summed E-state index contributed by atoms with van der Waals surface area (Å²) in [5.74, 6) is -0.325. The first-order chi connectivity index (χ1) is 8.19. The smallest absolute Gasteiger partial charge is 0.315 e. The third-order valence-electron chi connectivity index (χ3n) is 3.29. The molecule has 0 unspecified atom stereocenters. The predicted octanol–water partition coefficient (Wildman–Crippen LogP) is 1.71. The van der Waals surface area contributed by atoms with E-state index < -0.39 is 11.5 Å². The Bertz CT molecular complexity index is 413. The van der Waals surface area contributed by atoms with Gasteiger partial charge >= 0.3 is 5.97 Å². The maximum absolute atomic E-state index is 11.9. The molecule has 0 aromatic heterocycles. The highest BCUT2D eigenvalue weighted by molar-refractivity contribution is 5.80. The first-order valence-electron chi connectivity index (χ1n) is 5.69. The van der Waals surface area contributed by atoms with Crippen LogP contribution in [-0.4, -0.2) is 23.8 Å². The molecule has 17 heavy (non-hydrogen) atoms. The first kappa shape index (κ1) is 11.9. The van der Waals surface area contributed by atoms with Gasteiger partial charge in [0, 0.05) is 0 Å². The second-order valence-electron chi connectivity index (χ2n) is 4.43. The molecule has 1 N–H and O–H groups in total. The SMILES string of the molecule is C=CC[C@@]1(Cc2ccccc2)C(=O)OC[C@H]1O. The van der Waals surface area contributed by atoms with Crippen molar-refractivity contribution in [2.24, 2.45) is 5.41 Å².